The van der Waals surface area contributed by atoms with E-state index < -0.39 is 0 Å². The summed E-state index contributed by atoms with van der Waals surface area (Å²) in [5.74, 6) is 2.56. The van der Waals surface area contributed by atoms with Crippen molar-refractivity contribution < 1.29 is 38.0 Å². The van der Waals surface area contributed by atoms with Crippen LogP contribution in [-0.4, -0.2) is 105 Å². The van der Waals surface area contributed by atoms with E-state index in [9.17, 15) is 9.59 Å². The molecule has 0 saturated carbocycles. The van der Waals surface area contributed by atoms with Crippen molar-refractivity contribution in [3.8, 4) is 57.0 Å². The number of fused-ring (bicyclic) bond motifs is 1. The van der Waals surface area contributed by atoms with Crippen LogP contribution in [0.3, 0.4) is 0 Å². The Morgan fingerprint density at radius 3 is 1.74 bits per heavy atom. The molecule has 2 amide bonds. The molecule has 294 valence electrons. The molecule has 3 heterocycles. The Bertz CT molecular complexity index is 2360. The molecule has 4 aromatic carbocycles. The molecular formula is C43H44N6O8. The Hall–Kier alpha value is -6.96. The fourth-order valence-electron chi connectivity index (χ4n) is 6.97. The predicted molar refractivity (Wildman–Crippen MR) is 215 cm³/mol. The molecule has 2 aromatic heterocycles. The number of piperazine rings is 1. The van der Waals surface area contributed by atoms with Gasteiger partial charge in [-0.25, -0.2) is 9.50 Å². The monoisotopic (exact) mass is 772 g/mol. The van der Waals surface area contributed by atoms with E-state index in [1.807, 2.05) is 78.9 Å². The highest BCUT2D eigenvalue weighted by atomic mass is 16.5. The van der Waals surface area contributed by atoms with E-state index >= 15 is 0 Å². The van der Waals surface area contributed by atoms with Crippen molar-refractivity contribution in [1.29, 1.82) is 0 Å². The summed E-state index contributed by atoms with van der Waals surface area (Å²) in [6.45, 7) is 1.75. The minimum absolute atomic E-state index is 0.132. The van der Waals surface area contributed by atoms with E-state index in [-0.39, 0.29) is 17.5 Å². The average Bonchev–Trinajstić information content (AvgIpc) is 3.71. The minimum atomic E-state index is -0.256. The van der Waals surface area contributed by atoms with Crippen LogP contribution in [-0.2, 0) is 6.54 Å². The van der Waals surface area contributed by atoms with Crippen LogP contribution >= 0.6 is 0 Å². The second-order valence-electron chi connectivity index (χ2n) is 13.1. The number of methoxy groups -OCH3 is 6. The van der Waals surface area contributed by atoms with Crippen molar-refractivity contribution >= 4 is 23.1 Å². The lowest BCUT2D eigenvalue weighted by Gasteiger charge is -2.35. The first-order valence-corrected chi connectivity index (χ1v) is 18.3. The standard InChI is InChI=1S/C43H44N6O8/c1-52-35-20-27(21-36(53-2)40(35)56-5)26-44-31-15-11-10-14-30(31)42(50)47-16-18-48(19-17-47)43(51)33-24-34(29-22-37(54-3)41(57-6)38(23-29)55-4)49-39(45-33)25-32(46-49)28-12-8-7-9-13-28/h7-15,20-25,44H,16-19,26H2,1-6H3. The van der Waals surface area contributed by atoms with Crippen molar-refractivity contribution in [1.82, 2.24) is 24.4 Å². The Morgan fingerprint density at radius 2 is 1.16 bits per heavy atom. The highest BCUT2D eigenvalue weighted by Crippen LogP contribution is 2.42. The molecule has 0 bridgehead atoms. The second-order valence-corrected chi connectivity index (χ2v) is 13.1. The van der Waals surface area contributed by atoms with Gasteiger partial charge < -0.3 is 43.5 Å². The maximum Gasteiger partial charge on any atom is 0.272 e. The summed E-state index contributed by atoms with van der Waals surface area (Å²) in [5.41, 5.74) is 5.73. The molecule has 1 fully saturated rings. The van der Waals surface area contributed by atoms with Gasteiger partial charge in [-0.1, -0.05) is 42.5 Å². The molecule has 14 nitrogen and oxygen atoms in total. The first kappa shape index (κ1) is 38.3. The zero-order chi connectivity index (χ0) is 40.1. The van der Waals surface area contributed by atoms with Crippen molar-refractivity contribution in [2.24, 2.45) is 0 Å². The van der Waals surface area contributed by atoms with E-state index in [0.29, 0.717) is 101 Å². The van der Waals surface area contributed by atoms with Gasteiger partial charge in [-0.05, 0) is 48.0 Å². The number of rotatable bonds is 13. The number of anilines is 1. The van der Waals surface area contributed by atoms with Crippen LogP contribution in [0.5, 0.6) is 34.5 Å². The van der Waals surface area contributed by atoms with Gasteiger partial charge in [0.05, 0.1) is 59.6 Å². The zero-order valence-corrected chi connectivity index (χ0v) is 32.7. The Morgan fingerprint density at radius 1 is 0.614 bits per heavy atom. The normalized spacial score (nSPS) is 12.6. The number of nitrogens with zero attached hydrogens (tertiary/aromatic N) is 5. The Balaban J connectivity index is 1.12. The molecule has 6 aromatic rings. The molecule has 57 heavy (non-hydrogen) atoms. The third-order valence-corrected chi connectivity index (χ3v) is 9.90. The molecule has 7 rings (SSSR count). The number of hydrogen-bond acceptors (Lipinski definition) is 11. The molecular weight excluding hydrogens is 729 g/mol. The summed E-state index contributed by atoms with van der Waals surface area (Å²) in [6, 6.07) is 28.1. The van der Waals surface area contributed by atoms with Gasteiger partial charge in [0, 0.05) is 55.6 Å². The number of hydrogen-bond donors (Lipinski definition) is 1. The topological polar surface area (TPSA) is 138 Å². The largest absolute Gasteiger partial charge is 0.493 e. The lowest BCUT2D eigenvalue weighted by atomic mass is 10.1. The van der Waals surface area contributed by atoms with Gasteiger partial charge >= 0.3 is 0 Å². The lowest BCUT2D eigenvalue weighted by Crippen LogP contribution is -2.50. The summed E-state index contributed by atoms with van der Waals surface area (Å²) in [6.07, 6.45) is 0. The molecule has 0 aliphatic carbocycles. The van der Waals surface area contributed by atoms with E-state index in [4.69, 9.17) is 38.5 Å². The predicted octanol–water partition coefficient (Wildman–Crippen LogP) is 6.33. The van der Waals surface area contributed by atoms with Gasteiger partial charge in [-0.15, -0.1) is 0 Å². The number of nitrogens with one attached hydrogen (secondary N) is 1. The van der Waals surface area contributed by atoms with Crippen LogP contribution in [0.1, 0.15) is 26.4 Å². The zero-order valence-electron chi connectivity index (χ0n) is 32.7. The van der Waals surface area contributed by atoms with Crippen LogP contribution < -0.4 is 33.7 Å². The molecule has 0 atom stereocenters. The third kappa shape index (κ3) is 7.66. The van der Waals surface area contributed by atoms with Gasteiger partial charge in [0.15, 0.2) is 28.6 Å². The van der Waals surface area contributed by atoms with Crippen molar-refractivity contribution in [2.45, 2.75) is 6.54 Å². The van der Waals surface area contributed by atoms with Gasteiger partial charge in [-0.2, -0.15) is 5.10 Å². The molecule has 0 spiro atoms. The van der Waals surface area contributed by atoms with E-state index in [1.54, 1.807) is 69.1 Å². The Kier molecular flexibility index (Phi) is 11.3. The van der Waals surface area contributed by atoms with Crippen LogP contribution in [0, 0.1) is 0 Å². The maximum atomic E-state index is 14.2. The molecule has 1 N–H and O–H groups in total. The summed E-state index contributed by atoms with van der Waals surface area (Å²) >= 11 is 0. The first-order valence-electron chi connectivity index (χ1n) is 18.3. The molecule has 1 aliphatic heterocycles. The molecule has 14 heteroatoms. The third-order valence-electron chi connectivity index (χ3n) is 9.90. The van der Waals surface area contributed by atoms with Gasteiger partial charge in [0.1, 0.15) is 5.69 Å². The Labute approximate surface area is 330 Å². The van der Waals surface area contributed by atoms with Crippen molar-refractivity contribution in [3.05, 3.63) is 108 Å². The summed E-state index contributed by atoms with van der Waals surface area (Å²) in [5, 5.41) is 8.30. The number of aromatic nitrogens is 3. The molecule has 0 radical (unpaired) electrons. The molecule has 0 unspecified atom stereocenters. The summed E-state index contributed by atoms with van der Waals surface area (Å²) in [4.78, 5) is 36.5. The molecule has 1 saturated heterocycles. The van der Waals surface area contributed by atoms with Crippen LogP contribution in [0.15, 0.2) is 91.0 Å². The number of carbonyl (C=O) groups excluding carboxylic acids is 2. The number of amides is 2. The lowest BCUT2D eigenvalue weighted by molar-refractivity contribution is 0.0533. The number of benzene rings is 4. The fraction of sp³-hybridized carbons (Fsp3) is 0.256. The van der Waals surface area contributed by atoms with Gasteiger partial charge in [0.25, 0.3) is 11.8 Å². The van der Waals surface area contributed by atoms with Gasteiger partial charge in [-0.3, -0.25) is 9.59 Å². The van der Waals surface area contributed by atoms with Crippen molar-refractivity contribution in [3.63, 3.8) is 0 Å². The van der Waals surface area contributed by atoms with Gasteiger partial charge in [0.2, 0.25) is 11.5 Å². The average molecular weight is 773 g/mol. The van der Waals surface area contributed by atoms with Crippen LogP contribution in [0.2, 0.25) is 0 Å². The number of para-hydroxylation sites is 1. The fourth-order valence-corrected chi connectivity index (χ4v) is 6.97. The van der Waals surface area contributed by atoms with Crippen molar-refractivity contribution in [2.75, 3.05) is 74.2 Å². The van der Waals surface area contributed by atoms with Crippen LogP contribution in [0.25, 0.3) is 28.2 Å². The number of carbonyl (C=O) groups is 2. The summed E-state index contributed by atoms with van der Waals surface area (Å²) < 4.78 is 35.1. The smallest absolute Gasteiger partial charge is 0.272 e. The highest BCUT2D eigenvalue weighted by molar-refractivity contribution is 6.00. The van der Waals surface area contributed by atoms with E-state index in [1.165, 1.54) is 0 Å². The van der Waals surface area contributed by atoms with Crippen LogP contribution in [0.4, 0.5) is 5.69 Å². The SMILES string of the molecule is COc1cc(CNc2ccccc2C(=O)N2CCN(C(=O)c3cc(-c4cc(OC)c(OC)c(OC)c4)n4nc(-c5ccccc5)cc4n3)CC2)cc(OC)c1OC. The second kappa shape index (κ2) is 16.8. The first-order chi connectivity index (χ1) is 27.8. The minimum Gasteiger partial charge on any atom is -0.493 e. The maximum absolute atomic E-state index is 14.2. The highest BCUT2D eigenvalue weighted by Gasteiger charge is 2.29. The number of ether oxygens (including phenoxy) is 6. The van der Waals surface area contributed by atoms with E-state index in [2.05, 4.69) is 5.32 Å². The van der Waals surface area contributed by atoms with E-state index in [0.717, 1.165) is 11.1 Å². The molecule has 1 aliphatic rings. The quantitative estimate of drug-likeness (QED) is 0.141. The summed E-state index contributed by atoms with van der Waals surface area (Å²) in [7, 11) is 9.35.